The van der Waals surface area contributed by atoms with Crippen molar-refractivity contribution in [3.8, 4) is 5.75 Å². The molecule has 0 unspecified atom stereocenters. The Morgan fingerprint density at radius 3 is 2.56 bits per heavy atom. The maximum atomic E-state index is 13.4. The molecule has 1 aromatic rings. The van der Waals surface area contributed by atoms with Gasteiger partial charge in [-0.1, -0.05) is 31.9 Å². The number of nitrogens with zero attached hydrogens (tertiary/aromatic N) is 1. The van der Waals surface area contributed by atoms with E-state index in [4.69, 9.17) is 0 Å². The Kier molecular flexibility index (Phi) is 5.00. The van der Waals surface area contributed by atoms with Crippen molar-refractivity contribution in [3.05, 3.63) is 26.6 Å². The lowest BCUT2D eigenvalue weighted by atomic mass is 10.0. The van der Waals surface area contributed by atoms with Crippen LogP contribution in [0.25, 0.3) is 0 Å². The smallest absolute Gasteiger partial charge is 0.122 e. The molecule has 1 heterocycles. The first-order valence-corrected chi connectivity index (χ1v) is 7.40. The van der Waals surface area contributed by atoms with Gasteiger partial charge in [0.05, 0.1) is 6.04 Å². The Morgan fingerprint density at radius 1 is 1.33 bits per heavy atom. The number of benzene rings is 1. The van der Waals surface area contributed by atoms with Crippen LogP contribution in [0, 0.1) is 0 Å². The SMILES string of the molecule is Oc1cc(Br)cc(Br)c1[C@H](CF)N1CCNCC1. The molecule has 2 rings (SSSR count). The first-order chi connectivity index (χ1) is 8.63. The topological polar surface area (TPSA) is 35.5 Å². The van der Waals surface area contributed by atoms with Gasteiger partial charge in [-0.2, -0.15) is 0 Å². The third-order valence-corrected chi connectivity index (χ3v) is 4.26. The Balaban J connectivity index is 2.32. The van der Waals surface area contributed by atoms with Crippen molar-refractivity contribution in [2.45, 2.75) is 6.04 Å². The van der Waals surface area contributed by atoms with Crippen LogP contribution in [0.5, 0.6) is 5.75 Å². The molecule has 18 heavy (non-hydrogen) atoms. The number of aromatic hydroxyl groups is 1. The highest BCUT2D eigenvalue weighted by Gasteiger charge is 2.26. The van der Waals surface area contributed by atoms with Crippen LogP contribution in [-0.4, -0.2) is 42.9 Å². The van der Waals surface area contributed by atoms with Gasteiger partial charge in [-0.3, -0.25) is 4.90 Å². The summed E-state index contributed by atoms with van der Waals surface area (Å²) in [6.07, 6.45) is 0. The number of hydrogen-bond donors (Lipinski definition) is 2. The van der Waals surface area contributed by atoms with Crippen molar-refractivity contribution in [1.82, 2.24) is 10.2 Å². The third-order valence-electron chi connectivity index (χ3n) is 3.14. The summed E-state index contributed by atoms with van der Waals surface area (Å²) in [7, 11) is 0. The van der Waals surface area contributed by atoms with Gasteiger partial charge in [0.1, 0.15) is 12.4 Å². The van der Waals surface area contributed by atoms with Crippen LogP contribution in [0.15, 0.2) is 21.1 Å². The standard InChI is InChI=1S/C12H15Br2FN2O/c13-8-5-9(14)12(11(18)6-8)10(7-15)17-3-1-16-2-4-17/h5-6,10,16,18H,1-4,7H2/t10-/m0/s1. The average molecular weight is 382 g/mol. The van der Waals surface area contributed by atoms with Crippen LogP contribution in [0.4, 0.5) is 4.39 Å². The molecule has 0 radical (unpaired) electrons. The average Bonchev–Trinajstić information content (AvgIpc) is 2.34. The largest absolute Gasteiger partial charge is 0.508 e. The molecule has 0 aromatic heterocycles. The van der Waals surface area contributed by atoms with Gasteiger partial charge < -0.3 is 10.4 Å². The summed E-state index contributed by atoms with van der Waals surface area (Å²) in [6.45, 7) is 2.78. The molecular weight excluding hydrogens is 367 g/mol. The van der Waals surface area contributed by atoms with Crippen LogP contribution < -0.4 is 5.32 Å². The summed E-state index contributed by atoms with van der Waals surface area (Å²) in [5.41, 5.74) is 0.627. The molecule has 0 aliphatic carbocycles. The molecule has 1 aliphatic rings. The van der Waals surface area contributed by atoms with E-state index in [0.29, 0.717) is 5.56 Å². The van der Waals surface area contributed by atoms with Crippen molar-refractivity contribution in [3.63, 3.8) is 0 Å². The first-order valence-electron chi connectivity index (χ1n) is 5.82. The van der Waals surface area contributed by atoms with E-state index in [1.54, 1.807) is 6.07 Å². The van der Waals surface area contributed by atoms with Gasteiger partial charge >= 0.3 is 0 Å². The molecular formula is C12H15Br2FN2O. The molecule has 1 aliphatic heterocycles. The number of hydrogen-bond acceptors (Lipinski definition) is 3. The maximum absolute atomic E-state index is 13.4. The molecule has 1 aromatic carbocycles. The Hall–Kier alpha value is -0.170. The minimum Gasteiger partial charge on any atom is -0.508 e. The van der Waals surface area contributed by atoms with Gasteiger partial charge in [0.15, 0.2) is 0 Å². The second kappa shape index (κ2) is 6.32. The molecule has 1 atom stereocenters. The van der Waals surface area contributed by atoms with Crippen LogP contribution in [0.1, 0.15) is 11.6 Å². The summed E-state index contributed by atoms with van der Waals surface area (Å²) in [4.78, 5) is 2.06. The molecule has 0 bridgehead atoms. The first kappa shape index (κ1) is 14.2. The van der Waals surface area contributed by atoms with E-state index in [9.17, 15) is 9.50 Å². The lowest BCUT2D eigenvalue weighted by Crippen LogP contribution is -2.45. The summed E-state index contributed by atoms with van der Waals surface area (Å²) < 4.78 is 14.9. The molecule has 1 fully saturated rings. The van der Waals surface area contributed by atoms with E-state index < -0.39 is 12.7 Å². The molecule has 0 saturated carbocycles. The summed E-state index contributed by atoms with van der Waals surface area (Å²) in [6, 6.07) is 3.04. The van der Waals surface area contributed by atoms with E-state index in [2.05, 4.69) is 42.1 Å². The summed E-state index contributed by atoms with van der Waals surface area (Å²) >= 11 is 6.71. The highest BCUT2D eigenvalue weighted by atomic mass is 79.9. The fraction of sp³-hybridized carbons (Fsp3) is 0.500. The van der Waals surface area contributed by atoms with Gasteiger partial charge in [0.25, 0.3) is 0 Å². The van der Waals surface area contributed by atoms with Crippen LogP contribution in [-0.2, 0) is 0 Å². The lowest BCUT2D eigenvalue weighted by Gasteiger charge is -2.34. The zero-order valence-corrected chi connectivity index (χ0v) is 13.0. The highest BCUT2D eigenvalue weighted by molar-refractivity contribution is 9.11. The lowest BCUT2D eigenvalue weighted by molar-refractivity contribution is 0.144. The van der Waals surface area contributed by atoms with Crippen molar-refractivity contribution < 1.29 is 9.50 Å². The molecule has 0 amide bonds. The third kappa shape index (κ3) is 3.04. The number of phenolic OH excluding ortho intramolecular Hbond substituents is 1. The summed E-state index contributed by atoms with van der Waals surface area (Å²) in [5.74, 6) is 0.123. The Morgan fingerprint density at radius 2 is 2.00 bits per heavy atom. The summed E-state index contributed by atoms with van der Waals surface area (Å²) in [5, 5.41) is 13.3. The van der Waals surface area contributed by atoms with Gasteiger partial charge in [-0.15, -0.1) is 0 Å². The molecule has 2 N–H and O–H groups in total. The van der Waals surface area contributed by atoms with Gasteiger partial charge in [0, 0.05) is 40.7 Å². The van der Waals surface area contributed by atoms with E-state index in [0.717, 1.165) is 35.1 Å². The van der Waals surface area contributed by atoms with E-state index >= 15 is 0 Å². The molecule has 0 spiro atoms. The highest BCUT2D eigenvalue weighted by Crippen LogP contribution is 2.37. The van der Waals surface area contributed by atoms with Gasteiger partial charge in [-0.25, -0.2) is 4.39 Å². The number of halogens is 3. The number of nitrogens with one attached hydrogen (secondary N) is 1. The second-order valence-corrected chi connectivity index (χ2v) is 6.05. The zero-order valence-electron chi connectivity index (χ0n) is 9.80. The van der Waals surface area contributed by atoms with Crippen molar-refractivity contribution >= 4 is 31.9 Å². The molecule has 100 valence electrons. The number of alkyl halides is 1. The predicted molar refractivity (Wildman–Crippen MR) is 76.7 cm³/mol. The Labute approximate surface area is 123 Å². The van der Waals surface area contributed by atoms with Crippen LogP contribution in [0.3, 0.4) is 0 Å². The normalized spacial score (nSPS) is 18.8. The fourth-order valence-electron chi connectivity index (χ4n) is 2.25. The molecule has 6 heteroatoms. The van der Waals surface area contributed by atoms with E-state index in [1.807, 2.05) is 6.07 Å². The second-order valence-electron chi connectivity index (χ2n) is 4.28. The minimum atomic E-state index is -0.506. The van der Waals surface area contributed by atoms with Crippen LogP contribution >= 0.6 is 31.9 Å². The molecule has 3 nitrogen and oxygen atoms in total. The number of piperazine rings is 1. The maximum Gasteiger partial charge on any atom is 0.122 e. The van der Waals surface area contributed by atoms with E-state index in [1.165, 1.54) is 0 Å². The minimum absolute atomic E-state index is 0.123. The van der Waals surface area contributed by atoms with Crippen LogP contribution in [0.2, 0.25) is 0 Å². The number of rotatable bonds is 3. The van der Waals surface area contributed by atoms with Crippen molar-refractivity contribution in [2.75, 3.05) is 32.9 Å². The quantitative estimate of drug-likeness (QED) is 0.845. The predicted octanol–water partition coefficient (Wildman–Crippen LogP) is 2.83. The van der Waals surface area contributed by atoms with Crippen molar-refractivity contribution in [2.24, 2.45) is 0 Å². The monoisotopic (exact) mass is 380 g/mol. The van der Waals surface area contributed by atoms with Gasteiger partial charge in [0.2, 0.25) is 0 Å². The number of phenols is 1. The Bertz CT molecular complexity index is 402. The zero-order chi connectivity index (χ0) is 13.1. The van der Waals surface area contributed by atoms with Crippen molar-refractivity contribution in [1.29, 1.82) is 0 Å². The molecule has 1 saturated heterocycles. The van der Waals surface area contributed by atoms with E-state index in [-0.39, 0.29) is 5.75 Å². The fourth-order valence-corrected chi connectivity index (χ4v) is 3.72. The van der Waals surface area contributed by atoms with Gasteiger partial charge in [-0.05, 0) is 12.1 Å².